The van der Waals surface area contributed by atoms with Gasteiger partial charge < -0.3 is 9.84 Å². The fourth-order valence-corrected chi connectivity index (χ4v) is 2.13. The molecule has 1 heterocycles. The van der Waals surface area contributed by atoms with Gasteiger partial charge in [0, 0.05) is 6.54 Å². The van der Waals surface area contributed by atoms with Crippen molar-refractivity contribution in [1.29, 1.82) is 0 Å². The first-order valence-corrected chi connectivity index (χ1v) is 6.58. The lowest BCUT2D eigenvalue weighted by Crippen LogP contribution is -2.06. The number of hydrogen-bond acceptors (Lipinski definition) is 3. The normalized spacial score (nSPS) is 10.6. The summed E-state index contributed by atoms with van der Waals surface area (Å²) in [5.74, 6) is -0.559. The van der Waals surface area contributed by atoms with E-state index < -0.39 is 5.97 Å². The largest absolute Gasteiger partial charge is 0.486 e. The third kappa shape index (κ3) is 3.11. The van der Waals surface area contributed by atoms with Crippen molar-refractivity contribution in [1.82, 2.24) is 9.78 Å². The summed E-state index contributed by atoms with van der Waals surface area (Å²) < 4.78 is 7.48. The smallest absolute Gasteiger partial charge is 0.335 e. The van der Waals surface area contributed by atoms with Gasteiger partial charge in [-0.2, -0.15) is 5.10 Å². The third-order valence-electron chi connectivity index (χ3n) is 2.84. The molecule has 0 aliphatic heterocycles. The maximum Gasteiger partial charge on any atom is 0.335 e. The van der Waals surface area contributed by atoms with E-state index in [0.29, 0.717) is 12.4 Å². The van der Waals surface area contributed by atoms with E-state index in [4.69, 9.17) is 21.4 Å². The zero-order valence-electron chi connectivity index (χ0n) is 11.3. The molecule has 0 aliphatic carbocycles. The quantitative estimate of drug-likeness (QED) is 0.920. The van der Waals surface area contributed by atoms with Crippen LogP contribution < -0.4 is 4.74 Å². The molecule has 20 heavy (non-hydrogen) atoms. The van der Waals surface area contributed by atoms with Gasteiger partial charge >= 0.3 is 5.97 Å². The van der Waals surface area contributed by atoms with Crippen LogP contribution in [0, 0.1) is 6.92 Å². The number of ether oxygens (including phenoxy) is 1. The topological polar surface area (TPSA) is 64.4 Å². The molecule has 0 saturated heterocycles. The second-order valence-corrected chi connectivity index (χ2v) is 4.74. The number of aryl methyl sites for hydroxylation is 2. The van der Waals surface area contributed by atoms with Crippen molar-refractivity contribution in [2.24, 2.45) is 0 Å². The van der Waals surface area contributed by atoms with E-state index in [1.54, 1.807) is 6.07 Å². The zero-order chi connectivity index (χ0) is 14.7. The lowest BCUT2D eigenvalue weighted by Gasteiger charge is -2.09. The van der Waals surface area contributed by atoms with Crippen LogP contribution in [0.25, 0.3) is 0 Å². The van der Waals surface area contributed by atoms with Gasteiger partial charge in [0.25, 0.3) is 0 Å². The molecule has 0 amide bonds. The standard InChI is InChI=1S/C14H15ClN2O3/c1-3-17-11(6-9(2)16-17)8-20-13-5-4-10(14(18)19)7-12(13)15/h4-7H,3,8H2,1-2H3,(H,18,19). The Morgan fingerprint density at radius 1 is 1.45 bits per heavy atom. The maximum atomic E-state index is 10.8. The van der Waals surface area contributed by atoms with Gasteiger partial charge in [0.05, 0.1) is 22.0 Å². The maximum absolute atomic E-state index is 10.8. The summed E-state index contributed by atoms with van der Waals surface area (Å²) in [6.07, 6.45) is 0. The highest BCUT2D eigenvalue weighted by molar-refractivity contribution is 6.32. The Bertz CT molecular complexity index is 637. The second kappa shape index (κ2) is 5.96. The Hall–Kier alpha value is -2.01. The number of halogens is 1. The van der Waals surface area contributed by atoms with Crippen molar-refractivity contribution in [3.05, 3.63) is 46.2 Å². The highest BCUT2D eigenvalue weighted by atomic mass is 35.5. The van der Waals surface area contributed by atoms with Gasteiger partial charge in [-0.15, -0.1) is 0 Å². The van der Waals surface area contributed by atoms with Crippen LogP contribution in [0.1, 0.15) is 28.7 Å². The van der Waals surface area contributed by atoms with Crippen LogP contribution >= 0.6 is 11.6 Å². The van der Waals surface area contributed by atoms with Crippen LogP contribution in [0.15, 0.2) is 24.3 Å². The fourth-order valence-electron chi connectivity index (χ4n) is 1.89. The summed E-state index contributed by atoms with van der Waals surface area (Å²) in [6, 6.07) is 6.35. The molecule has 0 saturated carbocycles. The van der Waals surface area contributed by atoms with Gasteiger partial charge in [-0.05, 0) is 38.1 Å². The SMILES string of the molecule is CCn1nc(C)cc1COc1ccc(C(=O)O)cc1Cl. The molecule has 2 aromatic rings. The number of hydrogen-bond donors (Lipinski definition) is 1. The number of aromatic nitrogens is 2. The van der Waals surface area contributed by atoms with Gasteiger partial charge in [-0.25, -0.2) is 4.79 Å². The summed E-state index contributed by atoms with van der Waals surface area (Å²) >= 11 is 6.01. The molecule has 5 nitrogen and oxygen atoms in total. The molecule has 1 aromatic carbocycles. The Balaban J connectivity index is 2.12. The summed E-state index contributed by atoms with van der Waals surface area (Å²) in [7, 11) is 0. The molecule has 1 aromatic heterocycles. The van der Waals surface area contributed by atoms with Gasteiger partial charge in [-0.3, -0.25) is 4.68 Å². The Morgan fingerprint density at radius 3 is 2.80 bits per heavy atom. The first-order valence-electron chi connectivity index (χ1n) is 6.20. The van der Waals surface area contributed by atoms with E-state index in [1.807, 2.05) is 24.6 Å². The predicted molar refractivity (Wildman–Crippen MR) is 75.4 cm³/mol. The van der Waals surface area contributed by atoms with Crippen molar-refractivity contribution < 1.29 is 14.6 Å². The predicted octanol–water partition coefficient (Wildman–Crippen LogP) is 3.14. The molecule has 0 spiro atoms. The average molecular weight is 295 g/mol. The van der Waals surface area contributed by atoms with E-state index in [-0.39, 0.29) is 10.6 Å². The molecule has 1 N–H and O–H groups in total. The number of aromatic carboxylic acids is 1. The van der Waals surface area contributed by atoms with Gasteiger partial charge in [0.15, 0.2) is 0 Å². The zero-order valence-corrected chi connectivity index (χ0v) is 12.0. The van der Waals surface area contributed by atoms with Crippen LogP contribution in [0.2, 0.25) is 5.02 Å². The summed E-state index contributed by atoms with van der Waals surface area (Å²) in [4.78, 5) is 10.8. The molecule has 0 bridgehead atoms. The molecular weight excluding hydrogens is 280 g/mol. The van der Waals surface area contributed by atoms with Crippen molar-refractivity contribution in [3.63, 3.8) is 0 Å². The first kappa shape index (κ1) is 14.4. The molecular formula is C14H15ClN2O3. The van der Waals surface area contributed by atoms with Crippen LogP contribution in [0.5, 0.6) is 5.75 Å². The molecule has 0 atom stereocenters. The van der Waals surface area contributed by atoms with Crippen molar-refractivity contribution in [3.8, 4) is 5.75 Å². The molecule has 0 fully saturated rings. The monoisotopic (exact) mass is 294 g/mol. The van der Waals surface area contributed by atoms with Crippen molar-refractivity contribution in [2.75, 3.05) is 0 Å². The summed E-state index contributed by atoms with van der Waals surface area (Å²) in [6.45, 7) is 5.02. The van der Waals surface area contributed by atoms with Crippen molar-refractivity contribution in [2.45, 2.75) is 27.0 Å². The number of rotatable bonds is 5. The summed E-state index contributed by atoms with van der Waals surface area (Å²) in [5, 5.41) is 13.5. The number of carbonyl (C=O) groups is 1. The third-order valence-corrected chi connectivity index (χ3v) is 3.13. The molecule has 6 heteroatoms. The first-order chi connectivity index (χ1) is 9.51. The molecule has 2 rings (SSSR count). The lowest BCUT2D eigenvalue weighted by molar-refractivity contribution is 0.0697. The van der Waals surface area contributed by atoms with Crippen LogP contribution in [-0.4, -0.2) is 20.9 Å². The van der Waals surface area contributed by atoms with E-state index in [2.05, 4.69) is 5.10 Å². The minimum atomic E-state index is -1.02. The number of carboxylic acids is 1. The van der Waals surface area contributed by atoms with E-state index in [9.17, 15) is 4.79 Å². The van der Waals surface area contributed by atoms with E-state index in [1.165, 1.54) is 12.1 Å². The van der Waals surface area contributed by atoms with Gasteiger partial charge in [0.1, 0.15) is 12.4 Å². The Kier molecular flexibility index (Phi) is 4.29. The Morgan fingerprint density at radius 2 is 2.20 bits per heavy atom. The summed E-state index contributed by atoms with van der Waals surface area (Å²) in [5.41, 5.74) is 2.01. The van der Waals surface area contributed by atoms with Gasteiger partial charge in [-0.1, -0.05) is 11.6 Å². The van der Waals surface area contributed by atoms with E-state index >= 15 is 0 Å². The highest BCUT2D eigenvalue weighted by Crippen LogP contribution is 2.26. The molecule has 0 radical (unpaired) electrons. The average Bonchev–Trinajstić information content (AvgIpc) is 2.77. The highest BCUT2D eigenvalue weighted by Gasteiger charge is 2.10. The Labute approximate surface area is 121 Å². The fraction of sp³-hybridized carbons (Fsp3) is 0.286. The van der Waals surface area contributed by atoms with Crippen molar-refractivity contribution >= 4 is 17.6 Å². The molecule has 0 aliphatic rings. The minimum Gasteiger partial charge on any atom is -0.486 e. The van der Waals surface area contributed by atoms with Gasteiger partial charge in [0.2, 0.25) is 0 Å². The number of benzene rings is 1. The van der Waals surface area contributed by atoms with Crippen LogP contribution in [0.4, 0.5) is 0 Å². The van der Waals surface area contributed by atoms with Crippen LogP contribution in [-0.2, 0) is 13.2 Å². The second-order valence-electron chi connectivity index (χ2n) is 4.33. The lowest BCUT2D eigenvalue weighted by atomic mass is 10.2. The van der Waals surface area contributed by atoms with E-state index in [0.717, 1.165) is 17.9 Å². The molecule has 106 valence electrons. The minimum absolute atomic E-state index is 0.136. The molecule has 0 unspecified atom stereocenters. The number of nitrogens with zero attached hydrogens (tertiary/aromatic N) is 2. The number of carboxylic acid groups (broad SMARTS) is 1. The van der Waals surface area contributed by atoms with Crippen LogP contribution in [0.3, 0.4) is 0 Å².